The number of hydrogen-bond acceptors (Lipinski definition) is 5. The first-order valence-electron chi connectivity index (χ1n) is 8.98. The average Bonchev–Trinajstić information content (AvgIpc) is 2.65. The number of esters is 1. The van der Waals surface area contributed by atoms with E-state index in [9.17, 15) is 4.79 Å². The van der Waals surface area contributed by atoms with Crippen LogP contribution >= 0.6 is 0 Å². The van der Waals surface area contributed by atoms with Crippen molar-refractivity contribution in [3.05, 3.63) is 35.4 Å². The Labute approximate surface area is 156 Å². The Morgan fingerprint density at radius 1 is 1.19 bits per heavy atom. The molecule has 7 heteroatoms. The molecule has 0 fully saturated rings. The lowest BCUT2D eigenvalue weighted by molar-refractivity contribution is 0.0526. The van der Waals surface area contributed by atoms with Gasteiger partial charge in [0.2, 0.25) is 0 Å². The summed E-state index contributed by atoms with van der Waals surface area (Å²) in [5, 5.41) is 6.57. The van der Waals surface area contributed by atoms with Gasteiger partial charge >= 0.3 is 5.97 Å². The molecule has 0 aliphatic rings. The van der Waals surface area contributed by atoms with Crippen molar-refractivity contribution in [2.24, 2.45) is 4.99 Å². The Morgan fingerprint density at radius 2 is 1.92 bits per heavy atom. The predicted molar refractivity (Wildman–Crippen MR) is 105 cm³/mol. The Kier molecular flexibility index (Phi) is 11.1. The van der Waals surface area contributed by atoms with Gasteiger partial charge in [-0.15, -0.1) is 0 Å². The highest BCUT2D eigenvalue weighted by Crippen LogP contribution is 2.06. The number of carbonyl (C=O) groups excluding carboxylic acids is 1. The molecule has 0 radical (unpaired) electrons. The highest BCUT2D eigenvalue weighted by Gasteiger charge is 2.06. The molecule has 0 amide bonds. The van der Waals surface area contributed by atoms with Crippen LogP contribution in [0.3, 0.4) is 0 Å². The third-order valence-electron chi connectivity index (χ3n) is 3.82. The minimum atomic E-state index is -0.292. The third kappa shape index (κ3) is 8.82. The van der Waals surface area contributed by atoms with E-state index in [1.54, 1.807) is 33.2 Å². The highest BCUT2D eigenvalue weighted by molar-refractivity contribution is 5.89. The fraction of sp³-hybridized carbons (Fsp3) is 0.579. The van der Waals surface area contributed by atoms with Gasteiger partial charge in [0.05, 0.1) is 12.2 Å². The number of aliphatic imine (C=N–C) groups is 1. The van der Waals surface area contributed by atoms with Gasteiger partial charge in [0.15, 0.2) is 5.96 Å². The second-order valence-electron chi connectivity index (χ2n) is 5.92. The molecule has 0 unspecified atom stereocenters. The third-order valence-corrected chi connectivity index (χ3v) is 3.82. The monoisotopic (exact) mass is 364 g/mol. The standard InChI is InChI=1S/C19H32N4O3/c1-5-26-18(24)17-9-7-16(8-10-17)15-22-19(20-2)21-11-13-23(3)12-6-14-25-4/h7-10H,5-6,11-15H2,1-4H3,(H2,20,21,22). The Balaban J connectivity index is 2.32. The van der Waals surface area contributed by atoms with Crippen molar-refractivity contribution in [1.29, 1.82) is 0 Å². The molecule has 0 aromatic heterocycles. The molecular formula is C19H32N4O3. The van der Waals surface area contributed by atoms with Gasteiger partial charge in [0, 0.05) is 46.9 Å². The van der Waals surface area contributed by atoms with Crippen LogP contribution in [0.15, 0.2) is 29.3 Å². The number of nitrogens with zero attached hydrogens (tertiary/aromatic N) is 2. The molecule has 0 atom stereocenters. The number of nitrogens with one attached hydrogen (secondary N) is 2. The van der Waals surface area contributed by atoms with E-state index in [-0.39, 0.29) is 5.97 Å². The molecule has 2 N–H and O–H groups in total. The fourth-order valence-corrected chi connectivity index (χ4v) is 2.34. The Hall–Kier alpha value is -2.12. The summed E-state index contributed by atoms with van der Waals surface area (Å²) in [6, 6.07) is 7.38. The molecule has 0 spiro atoms. The molecule has 0 saturated carbocycles. The van der Waals surface area contributed by atoms with Gasteiger partial charge in [0.25, 0.3) is 0 Å². The Bertz CT molecular complexity index is 546. The van der Waals surface area contributed by atoms with Crippen LogP contribution in [0.5, 0.6) is 0 Å². The number of rotatable bonds is 11. The molecular weight excluding hydrogens is 332 g/mol. The van der Waals surface area contributed by atoms with Gasteiger partial charge in [-0.05, 0) is 38.1 Å². The number of hydrogen-bond donors (Lipinski definition) is 2. The van der Waals surface area contributed by atoms with Crippen molar-refractivity contribution < 1.29 is 14.3 Å². The minimum Gasteiger partial charge on any atom is -0.462 e. The van der Waals surface area contributed by atoms with Crippen molar-refractivity contribution in [2.75, 3.05) is 54.1 Å². The zero-order chi connectivity index (χ0) is 19.2. The molecule has 0 bridgehead atoms. The summed E-state index contributed by atoms with van der Waals surface area (Å²) >= 11 is 0. The topological polar surface area (TPSA) is 75.2 Å². The molecule has 26 heavy (non-hydrogen) atoms. The molecule has 0 aliphatic heterocycles. The zero-order valence-electron chi connectivity index (χ0n) is 16.4. The summed E-state index contributed by atoms with van der Waals surface area (Å²) in [5.74, 6) is 0.462. The van der Waals surface area contributed by atoms with Crippen LogP contribution < -0.4 is 10.6 Å². The molecule has 1 aromatic rings. The summed E-state index contributed by atoms with van der Waals surface area (Å²) in [6.45, 7) is 6.35. The average molecular weight is 364 g/mol. The van der Waals surface area contributed by atoms with E-state index < -0.39 is 0 Å². The van der Waals surface area contributed by atoms with Gasteiger partial charge in [0.1, 0.15) is 0 Å². The van der Waals surface area contributed by atoms with E-state index in [1.807, 2.05) is 12.1 Å². The number of benzene rings is 1. The smallest absolute Gasteiger partial charge is 0.338 e. The van der Waals surface area contributed by atoms with E-state index in [2.05, 4.69) is 27.6 Å². The molecule has 0 aliphatic carbocycles. The highest BCUT2D eigenvalue weighted by atomic mass is 16.5. The molecule has 7 nitrogen and oxygen atoms in total. The summed E-state index contributed by atoms with van der Waals surface area (Å²) in [6.07, 6.45) is 1.03. The molecule has 1 rings (SSSR count). The van der Waals surface area contributed by atoms with Crippen molar-refractivity contribution in [3.63, 3.8) is 0 Å². The SMILES string of the molecule is CCOC(=O)c1ccc(CNC(=NC)NCCN(C)CCCOC)cc1. The van der Waals surface area contributed by atoms with Gasteiger partial charge in [-0.2, -0.15) is 0 Å². The van der Waals surface area contributed by atoms with Crippen LogP contribution in [-0.2, 0) is 16.0 Å². The number of likely N-dealkylation sites (N-methyl/N-ethyl adjacent to an activating group) is 1. The fourth-order valence-electron chi connectivity index (χ4n) is 2.34. The van der Waals surface area contributed by atoms with Crippen LogP contribution in [-0.4, -0.2) is 70.9 Å². The summed E-state index contributed by atoms with van der Waals surface area (Å²) in [7, 11) is 5.57. The van der Waals surface area contributed by atoms with Crippen LogP contribution in [0.1, 0.15) is 29.3 Å². The van der Waals surface area contributed by atoms with E-state index >= 15 is 0 Å². The van der Waals surface area contributed by atoms with Gasteiger partial charge in [-0.25, -0.2) is 4.79 Å². The molecule has 0 saturated heterocycles. The van der Waals surface area contributed by atoms with Crippen molar-refractivity contribution in [1.82, 2.24) is 15.5 Å². The largest absolute Gasteiger partial charge is 0.462 e. The number of carbonyl (C=O) groups is 1. The lowest BCUT2D eigenvalue weighted by atomic mass is 10.1. The van der Waals surface area contributed by atoms with E-state index in [1.165, 1.54) is 0 Å². The minimum absolute atomic E-state index is 0.292. The zero-order valence-corrected chi connectivity index (χ0v) is 16.4. The summed E-state index contributed by atoms with van der Waals surface area (Å²) < 4.78 is 10.0. The van der Waals surface area contributed by atoms with Crippen LogP contribution in [0.4, 0.5) is 0 Å². The maximum Gasteiger partial charge on any atom is 0.338 e. The first kappa shape index (κ1) is 21.9. The number of methoxy groups -OCH3 is 1. The Morgan fingerprint density at radius 3 is 2.54 bits per heavy atom. The molecule has 1 aromatic carbocycles. The van der Waals surface area contributed by atoms with E-state index in [0.29, 0.717) is 18.7 Å². The summed E-state index contributed by atoms with van der Waals surface area (Å²) in [4.78, 5) is 18.1. The number of guanidine groups is 1. The maximum absolute atomic E-state index is 11.6. The van der Waals surface area contributed by atoms with Crippen molar-refractivity contribution in [3.8, 4) is 0 Å². The lowest BCUT2D eigenvalue weighted by Gasteiger charge is -2.18. The molecule has 0 heterocycles. The van der Waals surface area contributed by atoms with Crippen LogP contribution in [0, 0.1) is 0 Å². The normalized spacial score (nSPS) is 11.5. The van der Waals surface area contributed by atoms with Crippen molar-refractivity contribution >= 4 is 11.9 Å². The van der Waals surface area contributed by atoms with Gasteiger partial charge in [-0.3, -0.25) is 4.99 Å². The number of ether oxygens (including phenoxy) is 2. The predicted octanol–water partition coefficient (Wildman–Crippen LogP) is 1.50. The van der Waals surface area contributed by atoms with E-state index in [4.69, 9.17) is 9.47 Å². The molecule has 146 valence electrons. The quantitative estimate of drug-likeness (QED) is 0.268. The maximum atomic E-state index is 11.6. The first-order valence-corrected chi connectivity index (χ1v) is 8.98. The first-order chi connectivity index (χ1) is 12.6. The second kappa shape index (κ2) is 13.1. The van der Waals surface area contributed by atoms with Crippen LogP contribution in [0.2, 0.25) is 0 Å². The van der Waals surface area contributed by atoms with Gasteiger partial charge < -0.3 is 25.0 Å². The second-order valence-corrected chi connectivity index (χ2v) is 5.92. The van der Waals surface area contributed by atoms with Crippen molar-refractivity contribution in [2.45, 2.75) is 19.9 Å². The van der Waals surface area contributed by atoms with Crippen LogP contribution in [0.25, 0.3) is 0 Å². The van der Waals surface area contributed by atoms with E-state index in [0.717, 1.165) is 44.2 Å². The van der Waals surface area contributed by atoms with Gasteiger partial charge in [-0.1, -0.05) is 12.1 Å². The summed E-state index contributed by atoms with van der Waals surface area (Å²) in [5.41, 5.74) is 1.63. The lowest BCUT2D eigenvalue weighted by Crippen LogP contribution is -2.40.